The molecule has 0 bridgehead atoms. The van der Waals surface area contributed by atoms with E-state index in [1.54, 1.807) is 0 Å². The van der Waals surface area contributed by atoms with Gasteiger partial charge in [0.15, 0.2) is 0 Å². The lowest BCUT2D eigenvalue weighted by Gasteiger charge is -2.15. The molecule has 0 spiro atoms. The lowest BCUT2D eigenvalue weighted by molar-refractivity contribution is 0.287. The van der Waals surface area contributed by atoms with E-state index in [9.17, 15) is 0 Å². The van der Waals surface area contributed by atoms with E-state index in [0.717, 1.165) is 35.7 Å². The zero-order chi connectivity index (χ0) is 14.5. The number of ether oxygens (including phenoxy) is 1. The minimum Gasteiger partial charge on any atom is -0.487 e. The number of nitrogens with zero attached hydrogens (tertiary/aromatic N) is 2. The summed E-state index contributed by atoms with van der Waals surface area (Å²) in [7, 11) is 0. The zero-order valence-electron chi connectivity index (χ0n) is 12.5. The van der Waals surface area contributed by atoms with Gasteiger partial charge in [-0.15, -0.1) is 0 Å². The molecule has 1 aromatic carbocycles. The maximum Gasteiger partial charge on any atom is 0.130 e. The molecule has 0 aliphatic heterocycles. The predicted octanol–water partition coefficient (Wildman–Crippen LogP) is 3.20. The molecule has 2 rings (SSSR count). The molecule has 4 nitrogen and oxygen atoms in total. The molecule has 0 aliphatic rings. The first kappa shape index (κ1) is 14.6. The Kier molecular flexibility index (Phi) is 4.79. The van der Waals surface area contributed by atoms with Gasteiger partial charge in [-0.25, -0.2) is 0 Å². The fourth-order valence-corrected chi connectivity index (χ4v) is 2.28. The molecule has 0 radical (unpaired) electrons. The van der Waals surface area contributed by atoms with Crippen molar-refractivity contribution in [3.8, 4) is 5.75 Å². The summed E-state index contributed by atoms with van der Waals surface area (Å²) >= 11 is 0. The van der Waals surface area contributed by atoms with Gasteiger partial charge in [0.05, 0.1) is 11.4 Å². The molecular weight excluding hydrogens is 250 g/mol. The fraction of sp³-hybridized carbons (Fsp3) is 0.438. The molecule has 4 heteroatoms. The van der Waals surface area contributed by atoms with Crippen molar-refractivity contribution in [1.29, 1.82) is 0 Å². The van der Waals surface area contributed by atoms with E-state index in [4.69, 9.17) is 10.5 Å². The number of aromatic nitrogens is 2. The lowest BCUT2D eigenvalue weighted by atomic mass is 10.0. The van der Waals surface area contributed by atoms with Crippen LogP contribution in [0.4, 0.5) is 0 Å². The molecule has 2 aromatic rings. The number of hydrogen-bond donors (Lipinski definition) is 1. The Morgan fingerprint density at radius 1 is 1.30 bits per heavy atom. The van der Waals surface area contributed by atoms with Crippen LogP contribution in [0.15, 0.2) is 30.3 Å². The molecule has 1 atom stereocenters. The van der Waals surface area contributed by atoms with Gasteiger partial charge >= 0.3 is 0 Å². The van der Waals surface area contributed by atoms with E-state index >= 15 is 0 Å². The first-order valence-electron chi connectivity index (χ1n) is 7.16. The molecule has 0 fully saturated rings. The lowest BCUT2D eigenvalue weighted by Crippen LogP contribution is -2.12. The van der Waals surface area contributed by atoms with Crippen LogP contribution in [0.2, 0.25) is 0 Å². The molecule has 0 unspecified atom stereocenters. The van der Waals surface area contributed by atoms with Crippen LogP contribution in [0, 0.1) is 6.92 Å². The summed E-state index contributed by atoms with van der Waals surface area (Å²) in [5.41, 5.74) is 9.30. The first-order valence-corrected chi connectivity index (χ1v) is 7.16. The second-order valence-electron chi connectivity index (χ2n) is 4.93. The van der Waals surface area contributed by atoms with Crippen LogP contribution in [0.1, 0.15) is 43.3 Å². The normalized spacial score (nSPS) is 12.4. The number of hydrogen-bond acceptors (Lipinski definition) is 3. The molecular formula is C16H23N3O. The van der Waals surface area contributed by atoms with E-state index in [-0.39, 0.29) is 6.04 Å². The van der Waals surface area contributed by atoms with Crippen LogP contribution in [0.25, 0.3) is 0 Å². The second-order valence-corrected chi connectivity index (χ2v) is 4.93. The van der Waals surface area contributed by atoms with Crippen molar-refractivity contribution in [2.75, 3.05) is 0 Å². The molecule has 1 aromatic heterocycles. The Hall–Kier alpha value is -1.81. The van der Waals surface area contributed by atoms with Crippen LogP contribution < -0.4 is 10.5 Å². The highest BCUT2D eigenvalue weighted by molar-refractivity contribution is 5.35. The standard InChI is InChI=1S/C16H23N3O/c1-4-15(17)14-8-6-7-9-16(14)20-11-13-10-12(3)18-19(13)5-2/h6-10,15H,4-5,11,17H2,1-3H3/t15-/m0/s1. The summed E-state index contributed by atoms with van der Waals surface area (Å²) in [6.07, 6.45) is 0.895. The Bertz CT molecular complexity index is 563. The predicted molar refractivity (Wildman–Crippen MR) is 80.6 cm³/mol. The Balaban J connectivity index is 2.14. The quantitative estimate of drug-likeness (QED) is 0.879. The summed E-state index contributed by atoms with van der Waals surface area (Å²) in [6.45, 7) is 7.52. The molecule has 2 N–H and O–H groups in total. The van der Waals surface area contributed by atoms with E-state index < -0.39 is 0 Å². The van der Waals surface area contributed by atoms with Gasteiger partial charge in [0.25, 0.3) is 0 Å². The average molecular weight is 273 g/mol. The minimum atomic E-state index is 0.0176. The smallest absolute Gasteiger partial charge is 0.130 e. The first-order chi connectivity index (χ1) is 9.65. The van der Waals surface area contributed by atoms with Crippen molar-refractivity contribution in [3.05, 3.63) is 47.3 Å². The molecule has 0 aliphatic carbocycles. The third-order valence-electron chi connectivity index (χ3n) is 3.42. The SMILES string of the molecule is CC[C@H](N)c1ccccc1OCc1cc(C)nn1CC. The van der Waals surface area contributed by atoms with Crippen LogP contribution >= 0.6 is 0 Å². The number of nitrogens with two attached hydrogens (primary N) is 1. The van der Waals surface area contributed by atoms with E-state index in [0.29, 0.717) is 6.61 Å². The molecule has 108 valence electrons. The third kappa shape index (κ3) is 3.20. The van der Waals surface area contributed by atoms with Gasteiger partial charge in [-0.3, -0.25) is 4.68 Å². The van der Waals surface area contributed by atoms with Gasteiger partial charge in [0, 0.05) is 18.2 Å². The Morgan fingerprint density at radius 3 is 2.75 bits per heavy atom. The summed E-state index contributed by atoms with van der Waals surface area (Å²) in [4.78, 5) is 0. The molecule has 20 heavy (non-hydrogen) atoms. The Morgan fingerprint density at radius 2 is 2.05 bits per heavy atom. The fourth-order valence-electron chi connectivity index (χ4n) is 2.28. The van der Waals surface area contributed by atoms with Gasteiger partial charge in [-0.1, -0.05) is 25.1 Å². The van der Waals surface area contributed by atoms with E-state index in [2.05, 4.69) is 25.0 Å². The molecule has 1 heterocycles. The Labute approximate surface area is 120 Å². The van der Waals surface area contributed by atoms with E-state index in [1.807, 2.05) is 35.9 Å². The van der Waals surface area contributed by atoms with Gasteiger partial charge in [0.1, 0.15) is 12.4 Å². The van der Waals surface area contributed by atoms with Crippen LogP contribution in [0.5, 0.6) is 5.75 Å². The van der Waals surface area contributed by atoms with E-state index in [1.165, 1.54) is 0 Å². The topological polar surface area (TPSA) is 53.1 Å². The highest BCUT2D eigenvalue weighted by atomic mass is 16.5. The van der Waals surface area contributed by atoms with Crippen LogP contribution in [-0.4, -0.2) is 9.78 Å². The monoisotopic (exact) mass is 273 g/mol. The maximum atomic E-state index is 6.13. The highest BCUT2D eigenvalue weighted by Crippen LogP contribution is 2.26. The van der Waals surface area contributed by atoms with Crippen molar-refractivity contribution >= 4 is 0 Å². The van der Waals surface area contributed by atoms with Gasteiger partial charge in [-0.05, 0) is 32.4 Å². The van der Waals surface area contributed by atoms with Crippen molar-refractivity contribution in [3.63, 3.8) is 0 Å². The van der Waals surface area contributed by atoms with Gasteiger partial charge in [0.2, 0.25) is 0 Å². The van der Waals surface area contributed by atoms with Gasteiger partial charge in [-0.2, -0.15) is 5.10 Å². The summed E-state index contributed by atoms with van der Waals surface area (Å²) in [6, 6.07) is 10.1. The summed E-state index contributed by atoms with van der Waals surface area (Å²) < 4.78 is 7.93. The average Bonchev–Trinajstić information content (AvgIpc) is 2.84. The summed E-state index contributed by atoms with van der Waals surface area (Å²) in [5, 5.41) is 4.43. The van der Waals surface area contributed by atoms with Crippen LogP contribution in [-0.2, 0) is 13.2 Å². The van der Waals surface area contributed by atoms with Crippen molar-refractivity contribution in [2.45, 2.75) is 46.4 Å². The summed E-state index contributed by atoms with van der Waals surface area (Å²) in [5.74, 6) is 0.864. The van der Waals surface area contributed by atoms with Crippen molar-refractivity contribution < 1.29 is 4.74 Å². The number of benzene rings is 1. The second kappa shape index (κ2) is 6.57. The molecule has 0 amide bonds. The van der Waals surface area contributed by atoms with Crippen LogP contribution in [0.3, 0.4) is 0 Å². The molecule has 0 saturated heterocycles. The van der Waals surface area contributed by atoms with Crippen molar-refractivity contribution in [1.82, 2.24) is 9.78 Å². The maximum absolute atomic E-state index is 6.13. The highest BCUT2D eigenvalue weighted by Gasteiger charge is 2.11. The molecule has 0 saturated carbocycles. The number of rotatable bonds is 6. The van der Waals surface area contributed by atoms with Gasteiger partial charge < -0.3 is 10.5 Å². The zero-order valence-corrected chi connectivity index (χ0v) is 12.5. The van der Waals surface area contributed by atoms with Crippen molar-refractivity contribution in [2.24, 2.45) is 5.73 Å². The largest absolute Gasteiger partial charge is 0.487 e. The minimum absolute atomic E-state index is 0.0176. The number of para-hydroxylation sites is 1. The third-order valence-corrected chi connectivity index (χ3v) is 3.42. The number of aryl methyl sites for hydroxylation is 2.